The van der Waals surface area contributed by atoms with Gasteiger partial charge in [0.1, 0.15) is 6.07 Å². The summed E-state index contributed by atoms with van der Waals surface area (Å²) in [4.78, 5) is 3.39. The van der Waals surface area contributed by atoms with E-state index in [1.807, 2.05) is 12.1 Å². The van der Waals surface area contributed by atoms with Crippen LogP contribution in [0.3, 0.4) is 0 Å². The van der Waals surface area contributed by atoms with Crippen LogP contribution in [-0.2, 0) is 0 Å². The molecule has 0 saturated heterocycles. The van der Waals surface area contributed by atoms with E-state index in [4.69, 9.17) is 0 Å². The normalized spacial score (nSPS) is 24.2. The first-order valence-corrected chi connectivity index (χ1v) is 8.39. The fourth-order valence-electron chi connectivity index (χ4n) is 4.37. The molecule has 5 rings (SSSR count). The molecule has 24 heavy (non-hydrogen) atoms. The van der Waals surface area contributed by atoms with Crippen LogP contribution in [0.2, 0.25) is 0 Å². The highest BCUT2D eigenvalue weighted by molar-refractivity contribution is 5.84. The molecule has 116 valence electrons. The lowest BCUT2D eigenvalue weighted by atomic mass is 9.76. The van der Waals surface area contributed by atoms with E-state index in [-0.39, 0.29) is 6.04 Å². The molecule has 2 aliphatic rings. The number of para-hydroxylation sites is 2. The molecular weight excluding hydrogens is 294 g/mol. The maximum atomic E-state index is 9.51. The first-order chi connectivity index (χ1) is 11.9. The summed E-state index contributed by atoms with van der Waals surface area (Å²) in [6, 6.07) is 17.0. The molecule has 0 radical (unpaired) electrons. The molecule has 3 nitrogen and oxygen atoms in total. The van der Waals surface area contributed by atoms with Crippen LogP contribution in [0, 0.1) is 17.2 Å². The Kier molecular flexibility index (Phi) is 2.80. The van der Waals surface area contributed by atoms with E-state index in [9.17, 15) is 5.26 Å². The molecule has 1 aliphatic heterocycles. The van der Waals surface area contributed by atoms with E-state index in [2.05, 4.69) is 65.1 Å². The zero-order valence-electron chi connectivity index (χ0n) is 13.2. The quantitative estimate of drug-likeness (QED) is 0.630. The van der Waals surface area contributed by atoms with E-state index in [1.54, 1.807) is 0 Å². The molecule has 1 aromatic heterocycles. The van der Waals surface area contributed by atoms with Crippen LogP contribution in [0.5, 0.6) is 0 Å². The average Bonchev–Trinajstić information content (AvgIpc) is 3.28. The lowest BCUT2D eigenvalue weighted by Crippen LogP contribution is -2.29. The Morgan fingerprint density at radius 3 is 2.88 bits per heavy atom. The molecule has 3 atom stereocenters. The van der Waals surface area contributed by atoms with Gasteiger partial charge in [0, 0.05) is 23.0 Å². The van der Waals surface area contributed by atoms with Gasteiger partial charge in [-0.25, -0.2) is 0 Å². The number of nitriles is 1. The van der Waals surface area contributed by atoms with E-state index in [1.165, 1.54) is 16.5 Å². The van der Waals surface area contributed by atoms with Gasteiger partial charge in [-0.15, -0.1) is 0 Å². The van der Waals surface area contributed by atoms with Crippen molar-refractivity contribution in [3.63, 3.8) is 0 Å². The van der Waals surface area contributed by atoms with Crippen LogP contribution in [0.4, 0.5) is 5.69 Å². The van der Waals surface area contributed by atoms with Gasteiger partial charge in [0.2, 0.25) is 0 Å². The maximum Gasteiger partial charge on any atom is 0.101 e. The molecule has 2 N–H and O–H groups in total. The highest BCUT2D eigenvalue weighted by Gasteiger charge is 2.39. The predicted octanol–water partition coefficient (Wildman–Crippen LogP) is 4.87. The number of nitrogens with one attached hydrogen (secondary N) is 2. The van der Waals surface area contributed by atoms with Gasteiger partial charge in [-0.3, -0.25) is 0 Å². The van der Waals surface area contributed by atoms with Crippen LogP contribution in [0.15, 0.2) is 60.8 Å². The molecule has 2 aromatic carbocycles. The average molecular weight is 311 g/mol. The Morgan fingerprint density at radius 2 is 1.96 bits per heavy atom. The number of fused-ring (bicyclic) bond motifs is 4. The van der Waals surface area contributed by atoms with E-state index in [0.717, 1.165) is 23.2 Å². The maximum absolute atomic E-state index is 9.51. The summed E-state index contributed by atoms with van der Waals surface area (Å²) >= 11 is 0. The number of benzene rings is 2. The summed E-state index contributed by atoms with van der Waals surface area (Å²) in [6.45, 7) is 0. The number of hydrogen-bond acceptors (Lipinski definition) is 2. The number of allylic oxidation sites excluding steroid dienone is 2. The smallest absolute Gasteiger partial charge is 0.101 e. The number of H-pyrrole nitrogens is 1. The fraction of sp³-hybridized carbons (Fsp3) is 0.190. The van der Waals surface area contributed by atoms with Crippen LogP contribution in [0.25, 0.3) is 10.9 Å². The van der Waals surface area contributed by atoms with Gasteiger partial charge in [-0.05, 0) is 35.6 Å². The van der Waals surface area contributed by atoms with E-state index in [0.29, 0.717) is 11.8 Å². The predicted molar refractivity (Wildman–Crippen MR) is 95.8 cm³/mol. The van der Waals surface area contributed by atoms with Gasteiger partial charge in [0.25, 0.3) is 0 Å². The summed E-state index contributed by atoms with van der Waals surface area (Å²) < 4.78 is 0. The topological polar surface area (TPSA) is 51.6 Å². The van der Waals surface area contributed by atoms with Gasteiger partial charge in [0.05, 0.1) is 17.3 Å². The van der Waals surface area contributed by atoms with Gasteiger partial charge < -0.3 is 10.3 Å². The second-order valence-electron chi connectivity index (χ2n) is 6.65. The molecular formula is C21H17N3. The molecule has 3 aromatic rings. The molecule has 3 unspecified atom stereocenters. The van der Waals surface area contributed by atoms with Crippen LogP contribution < -0.4 is 5.32 Å². The molecule has 0 saturated carbocycles. The SMILES string of the molecule is N#Cc1cccc2c1NC(c1c[nH]c3ccccc13)C1CC=CC21. The number of anilines is 1. The molecule has 0 amide bonds. The summed E-state index contributed by atoms with van der Waals surface area (Å²) in [5.41, 5.74) is 5.45. The highest BCUT2D eigenvalue weighted by Crippen LogP contribution is 2.51. The third kappa shape index (κ3) is 1.77. The summed E-state index contributed by atoms with van der Waals surface area (Å²) in [7, 11) is 0. The Hall–Kier alpha value is -2.99. The minimum absolute atomic E-state index is 0.211. The Bertz CT molecular complexity index is 1010. The standard InChI is InChI=1S/C21H17N3/c22-11-13-5-3-8-16-14-7-4-9-17(14)21(24-20(13)16)18-12-23-19-10-2-1-6-15(18)19/h1-8,10,12,14,17,21,23-24H,9H2. The highest BCUT2D eigenvalue weighted by atomic mass is 15.0. The Labute approximate surface area is 140 Å². The molecule has 3 heteroatoms. The largest absolute Gasteiger partial charge is 0.377 e. The minimum Gasteiger partial charge on any atom is -0.377 e. The van der Waals surface area contributed by atoms with Crippen molar-refractivity contribution in [2.45, 2.75) is 18.4 Å². The van der Waals surface area contributed by atoms with Crippen molar-refractivity contribution in [1.29, 1.82) is 5.26 Å². The van der Waals surface area contributed by atoms with Crippen LogP contribution in [0.1, 0.15) is 35.1 Å². The molecule has 0 bridgehead atoms. The number of aromatic nitrogens is 1. The van der Waals surface area contributed by atoms with Gasteiger partial charge in [-0.1, -0.05) is 42.5 Å². The third-order valence-electron chi connectivity index (χ3n) is 5.47. The van der Waals surface area contributed by atoms with Crippen molar-refractivity contribution in [3.05, 3.63) is 77.5 Å². The van der Waals surface area contributed by atoms with Crippen LogP contribution >= 0.6 is 0 Å². The van der Waals surface area contributed by atoms with Crippen LogP contribution in [-0.4, -0.2) is 4.98 Å². The Balaban J connectivity index is 1.70. The molecule has 2 heterocycles. The van der Waals surface area contributed by atoms with Gasteiger partial charge in [-0.2, -0.15) is 5.26 Å². The minimum atomic E-state index is 0.211. The third-order valence-corrected chi connectivity index (χ3v) is 5.47. The second-order valence-corrected chi connectivity index (χ2v) is 6.65. The number of aromatic amines is 1. The van der Waals surface area contributed by atoms with Gasteiger partial charge in [0.15, 0.2) is 0 Å². The summed E-state index contributed by atoms with van der Waals surface area (Å²) in [5, 5.41) is 14.5. The summed E-state index contributed by atoms with van der Waals surface area (Å²) in [5.74, 6) is 0.874. The van der Waals surface area contributed by atoms with E-state index >= 15 is 0 Å². The first-order valence-electron chi connectivity index (χ1n) is 8.39. The Morgan fingerprint density at radius 1 is 1.04 bits per heavy atom. The van der Waals surface area contributed by atoms with Crippen molar-refractivity contribution >= 4 is 16.6 Å². The summed E-state index contributed by atoms with van der Waals surface area (Å²) in [6.07, 6.45) is 7.79. The van der Waals surface area contributed by atoms with Crippen molar-refractivity contribution in [3.8, 4) is 6.07 Å². The van der Waals surface area contributed by atoms with Crippen molar-refractivity contribution in [1.82, 2.24) is 4.98 Å². The lowest BCUT2D eigenvalue weighted by molar-refractivity contribution is 0.427. The monoisotopic (exact) mass is 311 g/mol. The van der Waals surface area contributed by atoms with E-state index < -0.39 is 0 Å². The molecule has 0 spiro atoms. The van der Waals surface area contributed by atoms with Crippen molar-refractivity contribution < 1.29 is 0 Å². The zero-order chi connectivity index (χ0) is 16.1. The zero-order valence-corrected chi connectivity index (χ0v) is 13.2. The molecule has 0 fully saturated rings. The number of rotatable bonds is 1. The number of nitrogens with zero attached hydrogens (tertiary/aromatic N) is 1. The number of hydrogen-bond donors (Lipinski definition) is 2. The van der Waals surface area contributed by atoms with Crippen molar-refractivity contribution in [2.24, 2.45) is 5.92 Å². The van der Waals surface area contributed by atoms with Gasteiger partial charge >= 0.3 is 0 Å². The first kappa shape index (κ1) is 13.4. The van der Waals surface area contributed by atoms with Crippen molar-refractivity contribution in [2.75, 3.05) is 5.32 Å². The molecule has 1 aliphatic carbocycles. The second kappa shape index (κ2) is 5.01. The fourth-order valence-corrected chi connectivity index (χ4v) is 4.37. The lowest BCUT2D eigenvalue weighted by Gasteiger charge is -2.37.